The summed E-state index contributed by atoms with van der Waals surface area (Å²) in [5.74, 6) is 0.0896. The van der Waals surface area contributed by atoms with Gasteiger partial charge in [-0.3, -0.25) is 0 Å². The van der Waals surface area contributed by atoms with E-state index >= 15 is 0 Å². The molecule has 3 aromatic rings. The number of fused-ring (bicyclic) bond motifs is 1. The van der Waals surface area contributed by atoms with Crippen molar-refractivity contribution in [2.24, 2.45) is 0 Å². The minimum atomic E-state index is -0.285. The van der Waals surface area contributed by atoms with Crippen LogP contribution in [0.1, 0.15) is 27.7 Å². The zero-order chi connectivity index (χ0) is 18.0. The predicted octanol–water partition coefficient (Wildman–Crippen LogP) is 4.41. The van der Waals surface area contributed by atoms with Crippen molar-refractivity contribution in [3.05, 3.63) is 42.2 Å². The van der Waals surface area contributed by atoms with Crippen molar-refractivity contribution in [2.45, 2.75) is 39.9 Å². The Kier molecular flexibility index (Phi) is 4.79. The average Bonchev–Trinajstić information content (AvgIpc) is 2.54. The van der Waals surface area contributed by atoms with E-state index in [2.05, 4.69) is 15.0 Å². The molecule has 5 nitrogen and oxygen atoms in total. The molecule has 25 heavy (non-hydrogen) atoms. The fourth-order valence-corrected chi connectivity index (χ4v) is 2.32. The van der Waals surface area contributed by atoms with Crippen molar-refractivity contribution in [3.63, 3.8) is 0 Å². The summed E-state index contributed by atoms with van der Waals surface area (Å²) in [6.07, 6.45) is -0.114. The highest BCUT2D eigenvalue weighted by molar-refractivity contribution is 5.82. The van der Waals surface area contributed by atoms with Gasteiger partial charge in [0.25, 0.3) is 0 Å². The average molecular weight is 341 g/mol. The number of hydrogen-bond acceptors (Lipinski definition) is 5. The molecule has 0 unspecified atom stereocenters. The van der Waals surface area contributed by atoms with Crippen LogP contribution in [-0.4, -0.2) is 27.2 Å². The van der Waals surface area contributed by atoms with Gasteiger partial charge in [-0.2, -0.15) is 9.97 Å². The van der Waals surface area contributed by atoms with Crippen molar-refractivity contribution in [2.75, 3.05) is 0 Å². The van der Waals surface area contributed by atoms with Gasteiger partial charge < -0.3 is 9.47 Å². The maximum absolute atomic E-state index is 13.1. The molecule has 0 aliphatic carbocycles. The van der Waals surface area contributed by atoms with Crippen LogP contribution in [0.25, 0.3) is 22.3 Å². The summed E-state index contributed by atoms with van der Waals surface area (Å²) >= 11 is 0. The molecular weight excluding hydrogens is 321 g/mol. The van der Waals surface area contributed by atoms with Crippen molar-refractivity contribution >= 4 is 11.0 Å². The van der Waals surface area contributed by atoms with E-state index in [4.69, 9.17) is 9.47 Å². The lowest BCUT2D eigenvalue weighted by Gasteiger charge is -2.14. The molecule has 0 bridgehead atoms. The molecule has 0 spiro atoms. The second-order valence-electron chi connectivity index (χ2n) is 6.22. The highest BCUT2D eigenvalue weighted by Gasteiger charge is 2.15. The number of rotatable bonds is 5. The van der Waals surface area contributed by atoms with Gasteiger partial charge in [-0.15, -0.1) is 0 Å². The first-order chi connectivity index (χ1) is 11.9. The Morgan fingerprint density at radius 1 is 0.800 bits per heavy atom. The Hall–Kier alpha value is -2.76. The van der Waals surface area contributed by atoms with E-state index in [1.807, 2.05) is 39.8 Å². The number of halogens is 1. The molecule has 0 N–H and O–H groups in total. The number of ether oxygens (including phenoxy) is 2. The van der Waals surface area contributed by atoms with Crippen LogP contribution in [0, 0.1) is 5.82 Å². The third-order valence-corrected chi connectivity index (χ3v) is 3.32. The summed E-state index contributed by atoms with van der Waals surface area (Å²) in [6, 6.07) is 10.1. The van der Waals surface area contributed by atoms with Crippen LogP contribution in [-0.2, 0) is 0 Å². The monoisotopic (exact) mass is 341 g/mol. The maximum atomic E-state index is 13.1. The Balaban J connectivity index is 2.11. The van der Waals surface area contributed by atoms with Crippen LogP contribution in [0.15, 0.2) is 36.4 Å². The maximum Gasteiger partial charge on any atom is 0.320 e. The Labute approximate surface area is 145 Å². The third-order valence-electron chi connectivity index (χ3n) is 3.32. The van der Waals surface area contributed by atoms with E-state index in [0.29, 0.717) is 22.6 Å². The lowest BCUT2D eigenvalue weighted by Crippen LogP contribution is -2.12. The molecule has 0 atom stereocenters. The Morgan fingerprint density at radius 2 is 1.48 bits per heavy atom. The van der Waals surface area contributed by atoms with Crippen LogP contribution in [0.4, 0.5) is 4.39 Å². The normalized spacial score (nSPS) is 11.3. The quantitative estimate of drug-likeness (QED) is 0.688. The molecule has 3 rings (SSSR count). The third kappa shape index (κ3) is 4.02. The number of aromatic nitrogens is 3. The number of hydrogen-bond donors (Lipinski definition) is 0. The van der Waals surface area contributed by atoms with Gasteiger partial charge >= 0.3 is 6.01 Å². The number of pyridine rings is 1. The molecule has 130 valence electrons. The van der Waals surface area contributed by atoms with Gasteiger partial charge in [-0.05, 0) is 64.1 Å². The van der Waals surface area contributed by atoms with E-state index in [1.54, 1.807) is 12.1 Å². The molecule has 2 heterocycles. The summed E-state index contributed by atoms with van der Waals surface area (Å²) in [6.45, 7) is 7.65. The van der Waals surface area contributed by atoms with Crippen molar-refractivity contribution in [1.82, 2.24) is 15.0 Å². The van der Waals surface area contributed by atoms with E-state index in [-0.39, 0.29) is 24.0 Å². The summed E-state index contributed by atoms with van der Waals surface area (Å²) in [5.41, 5.74) is 2.68. The molecule has 6 heteroatoms. The van der Waals surface area contributed by atoms with E-state index < -0.39 is 0 Å². The molecule has 0 saturated heterocycles. The summed E-state index contributed by atoms with van der Waals surface area (Å²) in [4.78, 5) is 13.4. The Morgan fingerprint density at radius 3 is 2.12 bits per heavy atom. The van der Waals surface area contributed by atoms with Crippen molar-refractivity contribution in [1.29, 1.82) is 0 Å². The van der Waals surface area contributed by atoms with Crippen LogP contribution in [0.5, 0.6) is 11.9 Å². The molecule has 0 aliphatic heterocycles. The van der Waals surface area contributed by atoms with E-state index in [0.717, 1.165) is 5.56 Å². The fraction of sp³-hybridized carbons (Fsp3) is 0.316. The summed E-state index contributed by atoms with van der Waals surface area (Å²) in [5, 5.41) is 0. The van der Waals surface area contributed by atoms with Crippen molar-refractivity contribution < 1.29 is 13.9 Å². The predicted molar refractivity (Wildman–Crippen MR) is 94.3 cm³/mol. The van der Waals surface area contributed by atoms with Crippen LogP contribution in [0.3, 0.4) is 0 Å². The van der Waals surface area contributed by atoms with Gasteiger partial charge in [0.2, 0.25) is 5.88 Å². The summed E-state index contributed by atoms with van der Waals surface area (Å²) in [7, 11) is 0. The SMILES string of the molecule is CC(C)Oc1nc(OC(C)C)c2nc(-c3ccc(F)cc3)ccc2n1. The van der Waals surface area contributed by atoms with Gasteiger partial charge in [0.15, 0.2) is 5.52 Å². The highest BCUT2D eigenvalue weighted by Crippen LogP contribution is 2.28. The summed E-state index contributed by atoms with van der Waals surface area (Å²) < 4.78 is 24.5. The van der Waals surface area contributed by atoms with E-state index in [1.165, 1.54) is 12.1 Å². The largest absolute Gasteiger partial charge is 0.473 e. The smallest absolute Gasteiger partial charge is 0.320 e. The second-order valence-corrected chi connectivity index (χ2v) is 6.22. The van der Waals surface area contributed by atoms with Crippen LogP contribution < -0.4 is 9.47 Å². The van der Waals surface area contributed by atoms with Crippen LogP contribution in [0.2, 0.25) is 0 Å². The Bertz CT molecular complexity index is 880. The minimum Gasteiger partial charge on any atom is -0.473 e. The van der Waals surface area contributed by atoms with Gasteiger partial charge in [0.05, 0.1) is 17.9 Å². The second kappa shape index (κ2) is 7.01. The topological polar surface area (TPSA) is 57.1 Å². The van der Waals surface area contributed by atoms with Crippen molar-refractivity contribution in [3.8, 4) is 23.1 Å². The zero-order valence-corrected chi connectivity index (χ0v) is 14.7. The highest BCUT2D eigenvalue weighted by atomic mass is 19.1. The molecule has 0 amide bonds. The molecule has 1 aromatic carbocycles. The molecule has 0 aliphatic rings. The number of nitrogens with zero attached hydrogens (tertiary/aromatic N) is 3. The lowest BCUT2D eigenvalue weighted by atomic mass is 10.1. The molecule has 0 fully saturated rings. The van der Waals surface area contributed by atoms with Crippen LogP contribution >= 0.6 is 0 Å². The number of benzene rings is 1. The first-order valence-corrected chi connectivity index (χ1v) is 8.20. The molecule has 0 radical (unpaired) electrons. The first kappa shape index (κ1) is 17.1. The lowest BCUT2D eigenvalue weighted by molar-refractivity contribution is 0.206. The molecule has 2 aromatic heterocycles. The molecule has 0 saturated carbocycles. The molecular formula is C19H20FN3O2. The van der Waals surface area contributed by atoms with Gasteiger partial charge in [-0.1, -0.05) is 0 Å². The van der Waals surface area contributed by atoms with E-state index in [9.17, 15) is 4.39 Å². The standard InChI is InChI=1S/C19H20FN3O2/c1-11(2)24-18-17-16(22-19(23-18)25-12(3)4)10-9-15(21-17)13-5-7-14(20)8-6-13/h5-12H,1-4H3. The minimum absolute atomic E-state index is 0.0456. The first-order valence-electron chi connectivity index (χ1n) is 8.20. The fourth-order valence-electron chi connectivity index (χ4n) is 2.32. The van der Waals surface area contributed by atoms with Gasteiger partial charge in [0.1, 0.15) is 11.3 Å². The van der Waals surface area contributed by atoms with Gasteiger partial charge in [-0.25, -0.2) is 9.37 Å². The van der Waals surface area contributed by atoms with Gasteiger partial charge in [0, 0.05) is 5.56 Å². The zero-order valence-electron chi connectivity index (χ0n) is 14.7.